The predicted octanol–water partition coefficient (Wildman–Crippen LogP) is 6.17. The monoisotopic (exact) mass is 551 g/mol. The summed E-state index contributed by atoms with van der Waals surface area (Å²) in [5.74, 6) is -0.952. The Kier molecular flexibility index (Phi) is 7.05. The van der Waals surface area contributed by atoms with Crippen LogP contribution in [0.3, 0.4) is 0 Å². The Labute approximate surface area is 224 Å². The minimum atomic E-state index is -0.555. The van der Waals surface area contributed by atoms with E-state index in [1.54, 1.807) is 30.3 Å². The number of hydrogen-bond acceptors (Lipinski definition) is 8. The predicted molar refractivity (Wildman–Crippen MR) is 147 cm³/mol. The fourth-order valence-electron chi connectivity index (χ4n) is 3.78. The highest BCUT2D eigenvalue weighted by molar-refractivity contribution is 8.26. The van der Waals surface area contributed by atoms with Crippen LogP contribution in [0.15, 0.2) is 74.8 Å². The lowest BCUT2D eigenvalue weighted by molar-refractivity contribution is -0.134. The normalized spacial score (nSPS) is 14.6. The number of rotatable bonds is 6. The average Bonchev–Trinajstić information content (AvgIpc) is 3.37. The second kappa shape index (κ2) is 10.4. The Bertz CT molecular complexity index is 1620. The number of thioether (sulfide) groups is 1. The molecule has 1 amide bonds. The molecule has 10 heteroatoms. The molecular formula is C27H18FNO5S3. The van der Waals surface area contributed by atoms with E-state index < -0.39 is 10.9 Å². The number of carbonyl (C=O) groups excluding carboxylic acids is 2. The number of benzene rings is 3. The maximum atomic E-state index is 13.2. The van der Waals surface area contributed by atoms with Gasteiger partial charge in [-0.25, -0.2) is 9.18 Å². The van der Waals surface area contributed by atoms with E-state index in [0.29, 0.717) is 36.4 Å². The molecule has 4 aromatic rings. The highest BCUT2D eigenvalue weighted by Gasteiger charge is 2.32. The SMILES string of the molecule is Cc1ccc(-c2c(OC(=O)CCN3C(=O)/C(=C\c4ccc(F)cc4)SC3=S)ccc3oc(=O)sc23)cc1. The van der Waals surface area contributed by atoms with Gasteiger partial charge in [-0.2, -0.15) is 0 Å². The zero-order valence-corrected chi connectivity index (χ0v) is 21.8. The van der Waals surface area contributed by atoms with Crippen molar-refractivity contribution in [3.63, 3.8) is 0 Å². The first kappa shape index (κ1) is 25.1. The summed E-state index contributed by atoms with van der Waals surface area (Å²) in [7, 11) is 0. The Morgan fingerprint density at radius 1 is 1.08 bits per heavy atom. The van der Waals surface area contributed by atoms with Crippen molar-refractivity contribution in [2.75, 3.05) is 6.54 Å². The standard InChI is InChI=1S/C27H18FNO5S3/c1-15-2-6-17(7-3-15)23-19(10-11-20-24(23)37-27(32)34-20)33-22(30)12-13-29-25(31)21(36-26(29)35)14-16-4-8-18(28)9-5-16/h2-11,14H,12-13H2,1H3/b21-14+. The molecule has 0 radical (unpaired) electrons. The zero-order valence-electron chi connectivity index (χ0n) is 19.4. The second-order valence-corrected chi connectivity index (χ2v) is 10.8. The van der Waals surface area contributed by atoms with Gasteiger partial charge in [-0.15, -0.1) is 0 Å². The highest BCUT2D eigenvalue weighted by Crippen LogP contribution is 2.39. The van der Waals surface area contributed by atoms with Crippen LogP contribution in [0.1, 0.15) is 17.5 Å². The van der Waals surface area contributed by atoms with Crippen molar-refractivity contribution in [1.29, 1.82) is 0 Å². The van der Waals surface area contributed by atoms with Gasteiger partial charge in [-0.1, -0.05) is 77.3 Å². The average molecular weight is 552 g/mol. The van der Waals surface area contributed by atoms with Crippen molar-refractivity contribution < 1.29 is 23.1 Å². The summed E-state index contributed by atoms with van der Waals surface area (Å²) in [4.78, 5) is 38.9. The summed E-state index contributed by atoms with van der Waals surface area (Å²) in [6.07, 6.45) is 1.54. The lowest BCUT2D eigenvalue weighted by Gasteiger charge is -2.15. The molecule has 0 N–H and O–H groups in total. The number of aryl methyl sites for hydroxylation is 1. The first-order valence-corrected chi connectivity index (χ1v) is 13.2. The van der Waals surface area contributed by atoms with Crippen LogP contribution in [0.4, 0.5) is 4.39 Å². The number of thiocarbonyl (C=S) groups is 1. The van der Waals surface area contributed by atoms with Gasteiger partial charge in [0.1, 0.15) is 21.5 Å². The van der Waals surface area contributed by atoms with E-state index in [1.165, 1.54) is 17.0 Å². The van der Waals surface area contributed by atoms with E-state index in [2.05, 4.69) is 0 Å². The van der Waals surface area contributed by atoms with Crippen molar-refractivity contribution in [3.05, 3.63) is 92.2 Å². The van der Waals surface area contributed by atoms with Crippen molar-refractivity contribution in [2.45, 2.75) is 13.3 Å². The third kappa shape index (κ3) is 5.41. The van der Waals surface area contributed by atoms with Gasteiger partial charge in [0.25, 0.3) is 5.91 Å². The molecular weight excluding hydrogens is 533 g/mol. The molecule has 0 unspecified atom stereocenters. The molecule has 37 heavy (non-hydrogen) atoms. The molecule has 0 atom stereocenters. The Balaban J connectivity index is 1.33. The first-order chi connectivity index (χ1) is 17.8. The smallest absolute Gasteiger partial charge is 0.396 e. The summed E-state index contributed by atoms with van der Waals surface area (Å²) in [6, 6.07) is 16.6. The summed E-state index contributed by atoms with van der Waals surface area (Å²) in [6.45, 7) is 2.01. The van der Waals surface area contributed by atoms with Crippen LogP contribution in [0.25, 0.3) is 27.5 Å². The fraction of sp³-hybridized carbons (Fsp3) is 0.111. The van der Waals surface area contributed by atoms with Crippen molar-refractivity contribution in [1.82, 2.24) is 4.90 Å². The summed E-state index contributed by atoms with van der Waals surface area (Å²) in [5, 5.41) is 0. The molecule has 0 spiro atoms. The first-order valence-electron chi connectivity index (χ1n) is 11.1. The van der Waals surface area contributed by atoms with Gasteiger partial charge in [0.15, 0.2) is 0 Å². The maximum absolute atomic E-state index is 13.2. The molecule has 0 saturated carbocycles. The second-order valence-electron chi connectivity index (χ2n) is 8.20. The van der Waals surface area contributed by atoms with Gasteiger partial charge < -0.3 is 9.15 Å². The third-order valence-corrected chi connectivity index (χ3v) is 7.84. The number of fused-ring (bicyclic) bond motifs is 1. The zero-order chi connectivity index (χ0) is 26.1. The number of ether oxygens (including phenoxy) is 1. The van der Waals surface area contributed by atoms with E-state index >= 15 is 0 Å². The number of carbonyl (C=O) groups is 2. The van der Waals surface area contributed by atoms with Gasteiger partial charge in [-0.05, 0) is 48.4 Å². The van der Waals surface area contributed by atoms with E-state index in [1.807, 2.05) is 31.2 Å². The topological polar surface area (TPSA) is 76.8 Å². The molecule has 6 nitrogen and oxygen atoms in total. The van der Waals surface area contributed by atoms with E-state index in [-0.39, 0.29) is 24.7 Å². The molecule has 0 aliphatic carbocycles. The molecule has 1 aliphatic heterocycles. The van der Waals surface area contributed by atoms with E-state index in [0.717, 1.165) is 34.2 Å². The molecule has 1 aliphatic rings. The molecule has 186 valence electrons. The molecule has 0 bridgehead atoms. The fourth-order valence-corrected chi connectivity index (χ4v) is 5.92. The van der Waals surface area contributed by atoms with Crippen LogP contribution in [-0.2, 0) is 9.59 Å². The summed E-state index contributed by atoms with van der Waals surface area (Å²) in [5.41, 5.74) is 3.51. The van der Waals surface area contributed by atoms with Gasteiger partial charge >= 0.3 is 10.9 Å². The van der Waals surface area contributed by atoms with E-state index in [4.69, 9.17) is 21.4 Å². The van der Waals surface area contributed by atoms with E-state index in [9.17, 15) is 18.8 Å². The number of esters is 1. The van der Waals surface area contributed by atoms with Crippen molar-refractivity contribution >= 4 is 67.9 Å². The Morgan fingerprint density at radius 3 is 2.54 bits per heavy atom. The maximum Gasteiger partial charge on any atom is 0.396 e. The Hall–Kier alpha value is -3.60. The third-order valence-electron chi connectivity index (χ3n) is 5.61. The molecule has 3 aromatic carbocycles. The minimum Gasteiger partial charge on any atom is -0.426 e. The number of halogens is 1. The lowest BCUT2D eigenvalue weighted by atomic mass is 10.0. The molecule has 2 heterocycles. The number of hydrogen-bond donors (Lipinski definition) is 0. The van der Waals surface area contributed by atoms with Crippen LogP contribution < -0.4 is 9.68 Å². The molecule has 1 fully saturated rings. The quantitative estimate of drug-likeness (QED) is 0.123. The number of amides is 1. The van der Waals surface area contributed by atoms with Crippen LogP contribution in [-0.4, -0.2) is 27.6 Å². The summed E-state index contributed by atoms with van der Waals surface area (Å²) >= 11 is 7.41. The van der Waals surface area contributed by atoms with Crippen molar-refractivity contribution in [2.24, 2.45) is 0 Å². The summed E-state index contributed by atoms with van der Waals surface area (Å²) < 4.78 is 25.0. The Morgan fingerprint density at radius 2 is 1.81 bits per heavy atom. The van der Waals surface area contributed by atoms with Gasteiger partial charge in [0, 0.05) is 12.1 Å². The number of nitrogens with zero attached hydrogens (tertiary/aromatic N) is 1. The van der Waals surface area contributed by atoms with Crippen LogP contribution in [0, 0.1) is 12.7 Å². The van der Waals surface area contributed by atoms with Crippen LogP contribution >= 0.6 is 35.3 Å². The lowest BCUT2D eigenvalue weighted by Crippen LogP contribution is -2.31. The van der Waals surface area contributed by atoms with Gasteiger partial charge in [0.2, 0.25) is 0 Å². The highest BCUT2D eigenvalue weighted by atomic mass is 32.2. The molecule has 1 saturated heterocycles. The molecule has 5 rings (SSSR count). The van der Waals surface area contributed by atoms with Gasteiger partial charge in [-0.3, -0.25) is 14.5 Å². The van der Waals surface area contributed by atoms with Gasteiger partial charge in [0.05, 0.1) is 16.0 Å². The largest absolute Gasteiger partial charge is 0.426 e. The minimum absolute atomic E-state index is 0.0470. The van der Waals surface area contributed by atoms with Crippen LogP contribution in [0.5, 0.6) is 5.75 Å². The molecule has 1 aromatic heterocycles. The van der Waals surface area contributed by atoms with Crippen molar-refractivity contribution in [3.8, 4) is 16.9 Å². The van der Waals surface area contributed by atoms with Crippen LogP contribution in [0.2, 0.25) is 0 Å².